The van der Waals surface area contributed by atoms with Gasteiger partial charge in [0.05, 0.1) is 17.4 Å². The summed E-state index contributed by atoms with van der Waals surface area (Å²) < 4.78 is 23.0. The number of hydrogen-bond acceptors (Lipinski definition) is 3. The topological polar surface area (TPSA) is 54.5 Å². The number of benzene rings is 1. The summed E-state index contributed by atoms with van der Waals surface area (Å²) in [4.78, 5) is 14.5. The van der Waals surface area contributed by atoms with Crippen LogP contribution in [0.1, 0.15) is 36.3 Å². The Hall–Kier alpha value is -1.36. The Morgan fingerprint density at radius 3 is 2.52 bits per heavy atom. The maximum absolute atomic E-state index is 12.7. The van der Waals surface area contributed by atoms with Gasteiger partial charge in [-0.3, -0.25) is 4.79 Å². The number of carbonyl (C=O) groups is 1. The largest absolute Gasteiger partial charge is 0.342 e. The van der Waals surface area contributed by atoms with Crippen molar-refractivity contribution >= 4 is 15.7 Å². The molecule has 0 saturated carbocycles. The molecule has 4 nitrogen and oxygen atoms in total. The predicted octanol–water partition coefficient (Wildman–Crippen LogP) is 1.75. The molecule has 114 valence electrons. The SMILES string of the molecule is CN(C(=O)[C@@H]1CCc2ccccc21)C1CCS(=O)(=O)CC1. The van der Waals surface area contributed by atoms with Crippen LogP contribution in [-0.4, -0.2) is 43.8 Å². The highest BCUT2D eigenvalue weighted by molar-refractivity contribution is 7.91. The lowest BCUT2D eigenvalue weighted by Gasteiger charge is -2.33. The molecule has 1 aromatic rings. The number of rotatable bonds is 2. The summed E-state index contributed by atoms with van der Waals surface area (Å²) in [5.74, 6) is 0.501. The summed E-state index contributed by atoms with van der Waals surface area (Å²) in [6.45, 7) is 0. The van der Waals surface area contributed by atoms with Crippen LogP contribution in [0.4, 0.5) is 0 Å². The Bertz CT molecular complexity index is 639. The molecule has 21 heavy (non-hydrogen) atoms. The average molecular weight is 307 g/mol. The van der Waals surface area contributed by atoms with Crippen LogP contribution in [0.2, 0.25) is 0 Å². The van der Waals surface area contributed by atoms with E-state index in [9.17, 15) is 13.2 Å². The van der Waals surface area contributed by atoms with Gasteiger partial charge in [-0.25, -0.2) is 8.42 Å². The van der Waals surface area contributed by atoms with E-state index in [2.05, 4.69) is 6.07 Å². The van der Waals surface area contributed by atoms with Crippen LogP contribution in [0.3, 0.4) is 0 Å². The van der Waals surface area contributed by atoms with Crippen molar-refractivity contribution in [1.82, 2.24) is 4.90 Å². The van der Waals surface area contributed by atoms with Crippen LogP contribution in [0, 0.1) is 0 Å². The molecule has 1 atom stereocenters. The Morgan fingerprint density at radius 1 is 1.14 bits per heavy atom. The van der Waals surface area contributed by atoms with Gasteiger partial charge in [-0.05, 0) is 36.8 Å². The number of carbonyl (C=O) groups excluding carboxylic acids is 1. The lowest BCUT2D eigenvalue weighted by molar-refractivity contribution is -0.133. The highest BCUT2D eigenvalue weighted by Crippen LogP contribution is 2.35. The minimum Gasteiger partial charge on any atom is -0.342 e. The summed E-state index contributed by atoms with van der Waals surface area (Å²) in [7, 11) is -1.06. The molecule has 0 bridgehead atoms. The van der Waals surface area contributed by atoms with Crippen molar-refractivity contribution in [2.45, 2.75) is 37.6 Å². The van der Waals surface area contributed by atoms with Gasteiger partial charge in [0.1, 0.15) is 9.84 Å². The lowest BCUT2D eigenvalue weighted by atomic mass is 9.98. The van der Waals surface area contributed by atoms with Gasteiger partial charge in [-0.1, -0.05) is 24.3 Å². The van der Waals surface area contributed by atoms with Crippen molar-refractivity contribution in [2.75, 3.05) is 18.6 Å². The Labute approximate surface area is 126 Å². The van der Waals surface area contributed by atoms with E-state index in [1.807, 2.05) is 25.2 Å². The first-order chi connectivity index (χ1) is 9.98. The molecule has 0 aromatic heterocycles. The summed E-state index contributed by atoms with van der Waals surface area (Å²) in [5, 5.41) is 0. The number of aryl methyl sites for hydroxylation is 1. The van der Waals surface area contributed by atoms with Gasteiger partial charge < -0.3 is 4.90 Å². The monoisotopic (exact) mass is 307 g/mol. The smallest absolute Gasteiger partial charge is 0.230 e. The zero-order valence-electron chi connectivity index (χ0n) is 12.3. The van der Waals surface area contributed by atoms with Gasteiger partial charge in [0.2, 0.25) is 5.91 Å². The fourth-order valence-corrected chi connectivity index (χ4v) is 4.97. The van der Waals surface area contributed by atoms with Gasteiger partial charge in [0.25, 0.3) is 0 Å². The van der Waals surface area contributed by atoms with Gasteiger partial charge in [0, 0.05) is 13.1 Å². The maximum Gasteiger partial charge on any atom is 0.230 e. The summed E-state index contributed by atoms with van der Waals surface area (Å²) in [6.07, 6.45) is 2.96. The maximum atomic E-state index is 12.7. The second-order valence-corrected chi connectivity index (χ2v) is 8.43. The van der Waals surface area contributed by atoms with Crippen molar-refractivity contribution < 1.29 is 13.2 Å². The number of fused-ring (bicyclic) bond motifs is 1. The zero-order valence-corrected chi connectivity index (χ0v) is 13.1. The Morgan fingerprint density at radius 2 is 1.81 bits per heavy atom. The molecule has 0 N–H and O–H groups in total. The molecule has 1 amide bonds. The van der Waals surface area contributed by atoms with Crippen molar-refractivity contribution in [1.29, 1.82) is 0 Å². The third-order valence-electron chi connectivity index (χ3n) is 4.85. The molecule has 0 unspecified atom stereocenters. The molecule has 1 fully saturated rings. The molecular weight excluding hydrogens is 286 g/mol. The van der Waals surface area contributed by atoms with Crippen LogP contribution in [0.15, 0.2) is 24.3 Å². The van der Waals surface area contributed by atoms with Crippen molar-refractivity contribution in [3.8, 4) is 0 Å². The predicted molar refractivity (Wildman–Crippen MR) is 81.9 cm³/mol. The zero-order chi connectivity index (χ0) is 15.0. The van der Waals surface area contributed by atoms with Crippen LogP contribution >= 0.6 is 0 Å². The number of hydrogen-bond donors (Lipinski definition) is 0. The van der Waals surface area contributed by atoms with Gasteiger partial charge in [0.15, 0.2) is 0 Å². The van der Waals surface area contributed by atoms with Crippen molar-refractivity contribution in [3.63, 3.8) is 0 Å². The highest BCUT2D eigenvalue weighted by atomic mass is 32.2. The minimum absolute atomic E-state index is 0.0512. The van der Waals surface area contributed by atoms with Crippen molar-refractivity contribution in [2.24, 2.45) is 0 Å². The van der Waals surface area contributed by atoms with Crippen molar-refractivity contribution in [3.05, 3.63) is 35.4 Å². The van der Waals surface area contributed by atoms with Crippen LogP contribution in [-0.2, 0) is 21.1 Å². The minimum atomic E-state index is -2.88. The van der Waals surface area contributed by atoms with Gasteiger partial charge in [-0.2, -0.15) is 0 Å². The summed E-state index contributed by atoms with van der Waals surface area (Å²) in [5.41, 5.74) is 2.42. The van der Waals surface area contributed by atoms with Crippen LogP contribution in [0.25, 0.3) is 0 Å². The molecule has 1 aliphatic carbocycles. The van der Waals surface area contributed by atoms with E-state index in [1.165, 1.54) is 5.56 Å². The van der Waals surface area contributed by atoms with E-state index in [4.69, 9.17) is 0 Å². The van der Waals surface area contributed by atoms with E-state index >= 15 is 0 Å². The summed E-state index contributed by atoms with van der Waals surface area (Å²) >= 11 is 0. The highest BCUT2D eigenvalue weighted by Gasteiger charge is 2.34. The second kappa shape index (κ2) is 5.44. The quantitative estimate of drug-likeness (QED) is 0.836. The molecule has 1 heterocycles. The first-order valence-corrected chi connectivity index (χ1v) is 9.35. The molecule has 1 aliphatic heterocycles. The van der Waals surface area contributed by atoms with E-state index in [-0.39, 0.29) is 29.4 Å². The molecule has 1 saturated heterocycles. The number of amides is 1. The van der Waals surface area contributed by atoms with E-state index in [0.29, 0.717) is 12.8 Å². The molecule has 0 radical (unpaired) electrons. The number of sulfone groups is 1. The molecule has 1 aromatic carbocycles. The first kappa shape index (κ1) is 14.6. The Balaban J connectivity index is 1.72. The fraction of sp³-hybridized carbons (Fsp3) is 0.562. The van der Waals surface area contributed by atoms with E-state index in [0.717, 1.165) is 18.4 Å². The molecule has 5 heteroatoms. The Kier molecular flexibility index (Phi) is 3.78. The van der Waals surface area contributed by atoms with Crippen LogP contribution < -0.4 is 0 Å². The molecule has 3 rings (SSSR count). The molecular formula is C16H21NO3S. The number of nitrogens with zero attached hydrogens (tertiary/aromatic N) is 1. The molecule has 2 aliphatic rings. The third kappa shape index (κ3) is 2.84. The third-order valence-corrected chi connectivity index (χ3v) is 6.57. The van der Waals surface area contributed by atoms with E-state index in [1.54, 1.807) is 4.90 Å². The standard InChI is InChI=1S/C16H21NO3S/c1-17(13-8-10-21(19,20)11-9-13)16(18)15-7-6-12-4-2-3-5-14(12)15/h2-5,13,15H,6-11H2,1H3/t15-/m1/s1. The van der Waals surface area contributed by atoms with Gasteiger partial charge in [-0.15, -0.1) is 0 Å². The fourth-order valence-electron chi connectivity index (χ4n) is 3.50. The van der Waals surface area contributed by atoms with Gasteiger partial charge >= 0.3 is 0 Å². The first-order valence-electron chi connectivity index (χ1n) is 7.53. The van der Waals surface area contributed by atoms with Crippen LogP contribution in [0.5, 0.6) is 0 Å². The lowest BCUT2D eigenvalue weighted by Crippen LogP contribution is -2.43. The molecule has 0 spiro atoms. The number of likely N-dealkylation sites (N-methyl/N-ethyl adjacent to an activating group) is 1. The average Bonchev–Trinajstić information content (AvgIpc) is 2.90. The normalized spacial score (nSPS) is 24.5. The second-order valence-electron chi connectivity index (χ2n) is 6.12. The summed E-state index contributed by atoms with van der Waals surface area (Å²) in [6, 6.07) is 8.20. The van der Waals surface area contributed by atoms with E-state index < -0.39 is 9.84 Å².